The van der Waals surface area contributed by atoms with Crippen molar-refractivity contribution in [2.75, 3.05) is 12.4 Å². The highest BCUT2D eigenvalue weighted by molar-refractivity contribution is 6.68. The Labute approximate surface area is 160 Å². The Morgan fingerprint density at radius 3 is 2.33 bits per heavy atom. The van der Waals surface area contributed by atoms with Gasteiger partial charge in [0.05, 0.1) is 7.11 Å². The highest BCUT2D eigenvalue weighted by Gasteiger charge is 2.34. The van der Waals surface area contributed by atoms with Crippen molar-refractivity contribution in [3.63, 3.8) is 0 Å². The zero-order valence-electron chi connectivity index (χ0n) is 12.5. The van der Waals surface area contributed by atoms with Crippen LogP contribution in [0.3, 0.4) is 0 Å². The molecule has 2 aromatic carbocycles. The summed E-state index contributed by atoms with van der Waals surface area (Å²) in [6.45, 7) is 0. The quantitative estimate of drug-likeness (QED) is 0.548. The standard InChI is InChI=1S/C16H14Cl4N2O2/c1-24-13-7-5-12(6-8-13)21-15(16(18,19)20)22-14(23)10-3-2-4-11(17)9-10/h2-9,15,21H,1H3,(H,22,23). The van der Waals surface area contributed by atoms with Gasteiger partial charge in [0.15, 0.2) is 0 Å². The number of carbonyl (C=O) groups excluding carboxylic acids is 1. The summed E-state index contributed by atoms with van der Waals surface area (Å²) < 4.78 is 3.32. The van der Waals surface area contributed by atoms with E-state index < -0.39 is 15.9 Å². The summed E-state index contributed by atoms with van der Waals surface area (Å²) >= 11 is 23.8. The van der Waals surface area contributed by atoms with Gasteiger partial charge in [0.2, 0.25) is 3.79 Å². The summed E-state index contributed by atoms with van der Waals surface area (Å²) in [7, 11) is 1.57. The van der Waals surface area contributed by atoms with Gasteiger partial charge in [0.1, 0.15) is 11.9 Å². The number of rotatable bonds is 5. The number of anilines is 1. The van der Waals surface area contributed by atoms with Gasteiger partial charge in [0, 0.05) is 16.3 Å². The van der Waals surface area contributed by atoms with Crippen molar-refractivity contribution < 1.29 is 9.53 Å². The number of alkyl halides is 3. The number of hydrogen-bond donors (Lipinski definition) is 2. The first-order valence-corrected chi connectivity index (χ1v) is 8.34. The van der Waals surface area contributed by atoms with E-state index in [4.69, 9.17) is 51.1 Å². The maximum Gasteiger partial charge on any atom is 0.253 e. The Morgan fingerprint density at radius 1 is 1.12 bits per heavy atom. The first kappa shape index (κ1) is 19.0. The second kappa shape index (κ2) is 8.17. The minimum Gasteiger partial charge on any atom is -0.497 e. The van der Waals surface area contributed by atoms with E-state index in [1.165, 1.54) is 6.07 Å². The van der Waals surface area contributed by atoms with Crippen LogP contribution in [0.1, 0.15) is 10.4 Å². The molecule has 0 saturated carbocycles. The fourth-order valence-corrected chi connectivity index (χ4v) is 2.42. The lowest BCUT2D eigenvalue weighted by atomic mass is 10.2. The number of amides is 1. The summed E-state index contributed by atoms with van der Waals surface area (Å²) in [4.78, 5) is 12.3. The van der Waals surface area contributed by atoms with Gasteiger partial charge >= 0.3 is 0 Å². The van der Waals surface area contributed by atoms with Crippen molar-refractivity contribution in [3.05, 3.63) is 59.1 Å². The molecule has 1 atom stereocenters. The number of hydrogen-bond acceptors (Lipinski definition) is 3. The predicted molar refractivity (Wildman–Crippen MR) is 99.6 cm³/mol. The summed E-state index contributed by atoms with van der Waals surface area (Å²) in [5.41, 5.74) is 1.01. The largest absolute Gasteiger partial charge is 0.497 e. The molecule has 24 heavy (non-hydrogen) atoms. The molecule has 2 N–H and O–H groups in total. The van der Waals surface area contributed by atoms with Crippen molar-refractivity contribution in [2.24, 2.45) is 0 Å². The Hall–Kier alpha value is -1.33. The number of methoxy groups -OCH3 is 1. The highest BCUT2D eigenvalue weighted by atomic mass is 35.6. The Balaban J connectivity index is 2.14. The molecule has 0 aliphatic carbocycles. The Kier molecular flexibility index (Phi) is 6.47. The molecular formula is C16H14Cl4N2O2. The number of ether oxygens (including phenoxy) is 1. The van der Waals surface area contributed by atoms with E-state index in [1.807, 2.05) is 0 Å². The minimum atomic E-state index is -1.77. The third-order valence-electron chi connectivity index (χ3n) is 3.09. The van der Waals surface area contributed by atoms with E-state index in [0.29, 0.717) is 22.0 Å². The van der Waals surface area contributed by atoms with Crippen LogP contribution in [0.4, 0.5) is 5.69 Å². The molecule has 0 bridgehead atoms. The van der Waals surface area contributed by atoms with Crippen LogP contribution in [-0.2, 0) is 0 Å². The third-order valence-corrected chi connectivity index (χ3v) is 3.98. The molecule has 1 unspecified atom stereocenters. The van der Waals surface area contributed by atoms with Gasteiger partial charge < -0.3 is 15.4 Å². The normalized spacial score (nSPS) is 12.4. The SMILES string of the molecule is COc1ccc(NC(NC(=O)c2cccc(Cl)c2)C(Cl)(Cl)Cl)cc1. The van der Waals surface area contributed by atoms with E-state index >= 15 is 0 Å². The van der Waals surface area contributed by atoms with E-state index in [9.17, 15) is 4.79 Å². The third kappa shape index (κ3) is 5.35. The molecule has 0 spiro atoms. The molecule has 0 fully saturated rings. The van der Waals surface area contributed by atoms with E-state index in [0.717, 1.165) is 0 Å². The van der Waals surface area contributed by atoms with Crippen molar-refractivity contribution in [1.29, 1.82) is 0 Å². The van der Waals surface area contributed by atoms with Gasteiger partial charge in [0.25, 0.3) is 5.91 Å². The molecule has 0 saturated heterocycles. The van der Waals surface area contributed by atoms with Crippen LogP contribution in [0.25, 0.3) is 0 Å². The zero-order chi connectivity index (χ0) is 17.7. The minimum absolute atomic E-state index is 0.360. The lowest BCUT2D eigenvalue weighted by molar-refractivity contribution is 0.0942. The molecule has 1 amide bonds. The number of benzene rings is 2. The molecule has 0 radical (unpaired) electrons. The number of carbonyl (C=O) groups is 1. The van der Waals surface area contributed by atoms with E-state index in [-0.39, 0.29) is 0 Å². The molecule has 0 aliphatic rings. The predicted octanol–water partition coefficient (Wildman–Crippen LogP) is 4.89. The molecule has 0 heterocycles. The highest BCUT2D eigenvalue weighted by Crippen LogP contribution is 2.31. The lowest BCUT2D eigenvalue weighted by Gasteiger charge is -2.27. The molecule has 8 heteroatoms. The van der Waals surface area contributed by atoms with Crippen LogP contribution < -0.4 is 15.4 Å². The average Bonchev–Trinajstić information content (AvgIpc) is 2.54. The molecule has 4 nitrogen and oxygen atoms in total. The van der Waals surface area contributed by atoms with Crippen LogP contribution >= 0.6 is 46.4 Å². The fourth-order valence-electron chi connectivity index (χ4n) is 1.90. The Morgan fingerprint density at radius 2 is 1.79 bits per heavy atom. The number of halogens is 4. The van der Waals surface area contributed by atoms with Gasteiger partial charge in [-0.05, 0) is 42.5 Å². The van der Waals surface area contributed by atoms with Crippen LogP contribution in [0, 0.1) is 0 Å². The van der Waals surface area contributed by atoms with E-state index in [1.54, 1.807) is 49.6 Å². The molecule has 0 aliphatic heterocycles. The zero-order valence-corrected chi connectivity index (χ0v) is 15.5. The first-order chi connectivity index (χ1) is 11.3. The smallest absolute Gasteiger partial charge is 0.253 e. The van der Waals surface area contributed by atoms with Crippen LogP contribution in [0.2, 0.25) is 5.02 Å². The Bertz CT molecular complexity index is 702. The summed E-state index contributed by atoms with van der Waals surface area (Å²) in [6.07, 6.45) is -0.956. The van der Waals surface area contributed by atoms with Gasteiger partial charge in [-0.2, -0.15) is 0 Å². The van der Waals surface area contributed by atoms with Gasteiger partial charge in [-0.25, -0.2) is 0 Å². The molecule has 2 aromatic rings. The summed E-state index contributed by atoms with van der Waals surface area (Å²) in [6, 6.07) is 13.5. The van der Waals surface area contributed by atoms with Gasteiger partial charge in [-0.15, -0.1) is 0 Å². The monoisotopic (exact) mass is 406 g/mol. The van der Waals surface area contributed by atoms with Crippen molar-refractivity contribution in [1.82, 2.24) is 5.32 Å². The second-order valence-corrected chi connectivity index (χ2v) is 7.64. The molecule has 0 aromatic heterocycles. The summed E-state index contributed by atoms with van der Waals surface area (Å²) in [5.74, 6) is 0.267. The fraction of sp³-hybridized carbons (Fsp3) is 0.188. The van der Waals surface area contributed by atoms with E-state index in [2.05, 4.69) is 10.6 Å². The number of nitrogens with one attached hydrogen (secondary N) is 2. The average molecular weight is 408 g/mol. The molecule has 128 valence electrons. The van der Waals surface area contributed by atoms with Gasteiger partial charge in [-0.1, -0.05) is 52.5 Å². The lowest BCUT2D eigenvalue weighted by Crippen LogP contribution is -2.49. The summed E-state index contributed by atoms with van der Waals surface area (Å²) in [5, 5.41) is 6.05. The second-order valence-electron chi connectivity index (χ2n) is 4.83. The van der Waals surface area contributed by atoms with Gasteiger partial charge in [-0.3, -0.25) is 4.79 Å². The molecule has 2 rings (SSSR count). The topological polar surface area (TPSA) is 50.4 Å². The first-order valence-electron chi connectivity index (χ1n) is 6.83. The van der Waals surface area contributed by atoms with Crippen molar-refractivity contribution in [3.8, 4) is 5.75 Å². The van der Waals surface area contributed by atoms with Crippen LogP contribution in [0.5, 0.6) is 5.75 Å². The van der Waals surface area contributed by atoms with Crippen molar-refractivity contribution in [2.45, 2.75) is 9.96 Å². The van der Waals surface area contributed by atoms with Crippen LogP contribution in [-0.4, -0.2) is 23.0 Å². The molecular weight excluding hydrogens is 394 g/mol. The van der Waals surface area contributed by atoms with Crippen molar-refractivity contribution >= 4 is 58.0 Å². The maximum atomic E-state index is 12.3. The maximum absolute atomic E-state index is 12.3. The van der Waals surface area contributed by atoms with Crippen LogP contribution in [0.15, 0.2) is 48.5 Å².